The summed E-state index contributed by atoms with van der Waals surface area (Å²) in [6, 6.07) is 12.0. The Labute approximate surface area is 198 Å². The summed E-state index contributed by atoms with van der Waals surface area (Å²) in [7, 11) is 0. The minimum absolute atomic E-state index is 0.180. The third-order valence-electron chi connectivity index (χ3n) is 6.82. The summed E-state index contributed by atoms with van der Waals surface area (Å²) in [4.78, 5) is 11.1. The van der Waals surface area contributed by atoms with E-state index in [2.05, 4.69) is 65.8 Å². The second kappa shape index (κ2) is 9.87. The van der Waals surface area contributed by atoms with E-state index in [-0.39, 0.29) is 10.8 Å². The maximum Gasteiger partial charge on any atom is 0.335 e. The Morgan fingerprint density at radius 1 is 1.00 bits per heavy atom. The smallest absolute Gasteiger partial charge is 0.335 e. The van der Waals surface area contributed by atoms with Crippen LogP contribution in [-0.2, 0) is 16.6 Å². The molecule has 0 saturated heterocycles. The zero-order chi connectivity index (χ0) is 23.5. The molecule has 0 amide bonds. The van der Waals surface area contributed by atoms with Crippen molar-refractivity contribution in [3.05, 3.63) is 69.8 Å². The first-order valence-electron chi connectivity index (χ1n) is 11.8. The van der Waals surface area contributed by atoms with E-state index in [1.165, 1.54) is 47.3 Å². The number of carbonyl (C=O) groups is 1. The first-order chi connectivity index (χ1) is 15.0. The second-order valence-corrected chi connectivity index (χ2v) is 12.0. The van der Waals surface area contributed by atoms with Crippen molar-refractivity contribution in [1.29, 1.82) is 0 Å². The third kappa shape index (κ3) is 5.86. The fourth-order valence-corrected chi connectivity index (χ4v) is 5.63. The van der Waals surface area contributed by atoms with Gasteiger partial charge in [-0.05, 0) is 81.7 Å². The number of rotatable bonds is 8. The number of carboxylic acid groups (broad SMARTS) is 1. The number of fused-ring (bicyclic) bond motifs is 1. The van der Waals surface area contributed by atoms with E-state index in [1.807, 2.05) is 23.9 Å². The molecule has 2 aromatic rings. The predicted octanol–water partition coefficient (Wildman–Crippen LogP) is 8.18. The molecule has 0 aliphatic heterocycles. The molecule has 0 atom stereocenters. The Morgan fingerprint density at radius 2 is 1.59 bits per heavy atom. The maximum atomic E-state index is 11.1. The van der Waals surface area contributed by atoms with Crippen LogP contribution in [0.25, 0.3) is 12.2 Å². The predicted molar refractivity (Wildman–Crippen MR) is 140 cm³/mol. The molecule has 1 aliphatic rings. The minimum Gasteiger partial charge on any atom is -0.478 e. The quantitative estimate of drug-likeness (QED) is 0.325. The van der Waals surface area contributed by atoms with E-state index >= 15 is 0 Å². The Kier molecular flexibility index (Phi) is 7.60. The van der Waals surface area contributed by atoms with E-state index in [4.69, 9.17) is 5.11 Å². The van der Waals surface area contributed by atoms with Crippen molar-refractivity contribution < 1.29 is 9.90 Å². The highest BCUT2D eigenvalue weighted by atomic mass is 32.2. The fraction of sp³-hybridized carbons (Fsp3) is 0.483. The molecule has 32 heavy (non-hydrogen) atoms. The van der Waals surface area contributed by atoms with Crippen LogP contribution in [0.4, 0.5) is 0 Å². The van der Waals surface area contributed by atoms with Gasteiger partial charge in [0.1, 0.15) is 0 Å². The van der Waals surface area contributed by atoms with Crippen LogP contribution < -0.4 is 0 Å². The number of hydrogen-bond acceptors (Lipinski definition) is 2. The number of thioether (sulfide) groups is 1. The van der Waals surface area contributed by atoms with Crippen molar-refractivity contribution in [3.63, 3.8) is 0 Å². The zero-order valence-electron chi connectivity index (χ0n) is 20.5. The lowest BCUT2D eigenvalue weighted by molar-refractivity contribution is 0.0697. The summed E-state index contributed by atoms with van der Waals surface area (Å²) in [5, 5.41) is 9.14. The molecule has 172 valence electrons. The normalized spacial score (nSPS) is 17.0. The summed E-state index contributed by atoms with van der Waals surface area (Å²) >= 11 is 2.03. The first kappa shape index (κ1) is 24.6. The Bertz CT molecular complexity index is 981. The summed E-state index contributed by atoms with van der Waals surface area (Å²) in [6.07, 6.45) is 7.99. The Balaban J connectivity index is 1.97. The molecule has 0 unspecified atom stereocenters. The number of aromatic carboxylic acids is 1. The van der Waals surface area contributed by atoms with Gasteiger partial charge < -0.3 is 5.11 Å². The lowest BCUT2D eigenvalue weighted by Crippen LogP contribution is -2.34. The van der Waals surface area contributed by atoms with Gasteiger partial charge in [-0.15, -0.1) is 0 Å². The van der Waals surface area contributed by atoms with Crippen LogP contribution in [0.15, 0.2) is 36.4 Å². The molecule has 0 aromatic heterocycles. The zero-order valence-corrected chi connectivity index (χ0v) is 21.3. The van der Waals surface area contributed by atoms with Crippen LogP contribution in [-0.4, -0.2) is 16.8 Å². The molecule has 1 aliphatic carbocycles. The molecule has 1 N–H and O–H groups in total. The van der Waals surface area contributed by atoms with Crippen molar-refractivity contribution in [2.75, 3.05) is 5.75 Å². The van der Waals surface area contributed by atoms with Crippen LogP contribution in [0.3, 0.4) is 0 Å². The molecular formula is C29H38O2S. The van der Waals surface area contributed by atoms with Gasteiger partial charge in [-0.25, -0.2) is 4.79 Å². The van der Waals surface area contributed by atoms with Gasteiger partial charge in [0.2, 0.25) is 0 Å². The molecule has 0 fully saturated rings. The van der Waals surface area contributed by atoms with E-state index in [9.17, 15) is 4.79 Å². The van der Waals surface area contributed by atoms with Crippen LogP contribution in [0, 0.1) is 5.92 Å². The van der Waals surface area contributed by atoms with Gasteiger partial charge in [0.25, 0.3) is 0 Å². The highest BCUT2D eigenvalue weighted by molar-refractivity contribution is 7.98. The summed E-state index contributed by atoms with van der Waals surface area (Å²) in [6.45, 7) is 14.1. The largest absolute Gasteiger partial charge is 0.478 e. The van der Waals surface area contributed by atoms with Gasteiger partial charge in [-0.3, -0.25) is 0 Å². The van der Waals surface area contributed by atoms with Crippen LogP contribution in [0.2, 0.25) is 0 Å². The van der Waals surface area contributed by atoms with Crippen molar-refractivity contribution in [3.8, 4) is 0 Å². The van der Waals surface area contributed by atoms with Crippen molar-refractivity contribution in [2.45, 2.75) is 77.4 Å². The van der Waals surface area contributed by atoms with Crippen LogP contribution in [0.1, 0.15) is 99.0 Å². The SMILES string of the molecule is CC(C)CCSCc1cc2c(cc1C=Cc1ccc(C(=O)O)cc1)C(C)(C)CCC2(C)C. The van der Waals surface area contributed by atoms with E-state index < -0.39 is 5.97 Å². The van der Waals surface area contributed by atoms with Gasteiger partial charge >= 0.3 is 5.97 Å². The van der Waals surface area contributed by atoms with Crippen molar-refractivity contribution >= 4 is 29.9 Å². The number of benzene rings is 2. The molecule has 0 heterocycles. The lowest BCUT2D eigenvalue weighted by Gasteiger charge is -2.42. The van der Waals surface area contributed by atoms with Gasteiger partial charge in [0, 0.05) is 5.75 Å². The standard InChI is InChI=1S/C29H38O2S/c1-20(2)13-16-32-19-24-18-26-25(28(3,4)14-15-29(26,5)6)17-23(24)12-9-21-7-10-22(11-8-21)27(30)31/h7-12,17-18,20H,13-16,19H2,1-6H3,(H,30,31). The molecule has 0 spiro atoms. The lowest BCUT2D eigenvalue weighted by atomic mass is 9.62. The Morgan fingerprint density at radius 3 is 2.16 bits per heavy atom. The molecule has 0 radical (unpaired) electrons. The van der Waals surface area contributed by atoms with E-state index in [0.29, 0.717) is 5.56 Å². The highest BCUT2D eigenvalue weighted by Crippen LogP contribution is 2.47. The summed E-state index contributed by atoms with van der Waals surface area (Å²) in [5.41, 5.74) is 7.40. The van der Waals surface area contributed by atoms with E-state index in [0.717, 1.165) is 17.2 Å². The van der Waals surface area contributed by atoms with Crippen LogP contribution >= 0.6 is 11.8 Å². The van der Waals surface area contributed by atoms with Gasteiger partial charge in [0.15, 0.2) is 0 Å². The number of hydrogen-bond donors (Lipinski definition) is 1. The van der Waals surface area contributed by atoms with Crippen molar-refractivity contribution in [1.82, 2.24) is 0 Å². The van der Waals surface area contributed by atoms with Crippen molar-refractivity contribution in [2.24, 2.45) is 5.92 Å². The highest BCUT2D eigenvalue weighted by Gasteiger charge is 2.37. The fourth-order valence-electron chi connectivity index (χ4n) is 4.38. The van der Waals surface area contributed by atoms with E-state index in [1.54, 1.807) is 12.1 Å². The molecule has 0 saturated carbocycles. The summed E-state index contributed by atoms with van der Waals surface area (Å²) in [5.74, 6) is 2.05. The average Bonchev–Trinajstić information content (AvgIpc) is 2.73. The maximum absolute atomic E-state index is 11.1. The molecule has 3 heteroatoms. The second-order valence-electron chi connectivity index (χ2n) is 10.9. The molecular weight excluding hydrogens is 412 g/mol. The minimum atomic E-state index is -0.888. The van der Waals surface area contributed by atoms with Gasteiger partial charge in [0.05, 0.1) is 5.56 Å². The van der Waals surface area contributed by atoms with Gasteiger partial charge in [-0.2, -0.15) is 11.8 Å². The monoisotopic (exact) mass is 450 g/mol. The third-order valence-corrected chi connectivity index (χ3v) is 7.86. The molecule has 2 nitrogen and oxygen atoms in total. The van der Waals surface area contributed by atoms with Gasteiger partial charge in [-0.1, -0.05) is 78.0 Å². The topological polar surface area (TPSA) is 37.3 Å². The number of carboxylic acids is 1. The molecule has 3 rings (SSSR count). The molecule has 2 aromatic carbocycles. The Hall–Kier alpha value is -2.00. The first-order valence-corrected chi connectivity index (χ1v) is 12.9. The average molecular weight is 451 g/mol. The molecule has 0 bridgehead atoms. The van der Waals surface area contributed by atoms with Crippen LogP contribution in [0.5, 0.6) is 0 Å². The summed E-state index contributed by atoms with van der Waals surface area (Å²) < 4.78 is 0.